The van der Waals surface area contributed by atoms with E-state index in [0.29, 0.717) is 12.2 Å². The van der Waals surface area contributed by atoms with Gasteiger partial charge in [-0.15, -0.1) is 0 Å². The monoisotopic (exact) mass is 267 g/mol. The number of ether oxygens (including phenoxy) is 1. The number of aryl methyl sites for hydroxylation is 1. The zero-order valence-electron chi connectivity index (χ0n) is 10.9. The van der Waals surface area contributed by atoms with Crippen LogP contribution in [0.2, 0.25) is 0 Å². The van der Waals surface area contributed by atoms with Crippen molar-refractivity contribution in [1.82, 2.24) is 5.32 Å². The first-order valence-electron chi connectivity index (χ1n) is 6.11. The number of nitrogens with one attached hydrogen (secondary N) is 1. The molecule has 1 fully saturated rings. The highest BCUT2D eigenvalue weighted by Gasteiger charge is 2.48. The molecule has 1 heterocycles. The van der Waals surface area contributed by atoms with E-state index in [2.05, 4.69) is 5.32 Å². The average Bonchev–Trinajstić information content (AvgIpc) is 3.05. The molecule has 0 unspecified atom stereocenters. The van der Waals surface area contributed by atoms with Gasteiger partial charge in [0.05, 0.1) is 18.4 Å². The van der Waals surface area contributed by atoms with Crippen molar-refractivity contribution in [2.45, 2.75) is 19.4 Å². The third-order valence-corrected chi connectivity index (χ3v) is 3.20. The van der Waals surface area contributed by atoms with Crippen molar-refractivity contribution < 1.29 is 23.8 Å². The van der Waals surface area contributed by atoms with Crippen molar-refractivity contribution >= 4 is 11.9 Å². The second-order valence-electron chi connectivity index (χ2n) is 4.75. The number of furan rings is 1. The fourth-order valence-corrected chi connectivity index (χ4v) is 2.04. The first-order chi connectivity index (χ1) is 9.02. The lowest BCUT2D eigenvalue weighted by Gasteiger charge is -2.15. The molecule has 3 atom stereocenters. The Morgan fingerprint density at radius 1 is 1.53 bits per heavy atom. The van der Waals surface area contributed by atoms with E-state index in [-0.39, 0.29) is 18.6 Å². The largest absolute Gasteiger partial charge is 0.481 e. The number of rotatable bonds is 6. The molecule has 0 bridgehead atoms. The van der Waals surface area contributed by atoms with E-state index in [9.17, 15) is 9.59 Å². The first-order valence-corrected chi connectivity index (χ1v) is 6.11. The van der Waals surface area contributed by atoms with Crippen LogP contribution in [0.25, 0.3) is 0 Å². The number of hydrogen-bond acceptors (Lipinski definition) is 4. The number of carboxylic acids is 1. The van der Waals surface area contributed by atoms with Crippen LogP contribution in [0.5, 0.6) is 0 Å². The minimum absolute atomic E-state index is 0.261. The summed E-state index contributed by atoms with van der Waals surface area (Å²) in [5.74, 6) is -0.810. The molecule has 6 nitrogen and oxygen atoms in total. The lowest BCUT2D eigenvalue weighted by atomic mass is 10.2. The SMILES string of the molecule is COC[C@H](NC(=O)[C@@H]1C[C@@H]1C(=O)O)c1ccc(C)o1. The van der Waals surface area contributed by atoms with Crippen LogP contribution in [-0.4, -0.2) is 30.7 Å². The minimum Gasteiger partial charge on any atom is -0.481 e. The standard InChI is InChI=1S/C13H17NO5/c1-7-3-4-11(19-7)10(6-18-2)14-12(15)8-5-9(8)13(16)17/h3-4,8-10H,5-6H2,1-2H3,(H,14,15)(H,16,17)/t8-,9+,10+/m1/s1. The number of methoxy groups -OCH3 is 1. The minimum atomic E-state index is -0.919. The maximum atomic E-state index is 11.9. The summed E-state index contributed by atoms with van der Waals surface area (Å²) in [6.07, 6.45) is 0.401. The van der Waals surface area contributed by atoms with Gasteiger partial charge in [-0.25, -0.2) is 0 Å². The summed E-state index contributed by atoms with van der Waals surface area (Å²) in [6, 6.07) is 3.20. The summed E-state index contributed by atoms with van der Waals surface area (Å²) in [5, 5.41) is 11.6. The zero-order valence-corrected chi connectivity index (χ0v) is 10.9. The van der Waals surface area contributed by atoms with Crippen molar-refractivity contribution in [3.8, 4) is 0 Å². The van der Waals surface area contributed by atoms with E-state index < -0.39 is 17.8 Å². The average molecular weight is 267 g/mol. The van der Waals surface area contributed by atoms with Crippen LogP contribution in [0, 0.1) is 18.8 Å². The summed E-state index contributed by atoms with van der Waals surface area (Å²) < 4.78 is 10.5. The lowest BCUT2D eigenvalue weighted by Crippen LogP contribution is -2.33. The van der Waals surface area contributed by atoms with E-state index >= 15 is 0 Å². The fourth-order valence-electron chi connectivity index (χ4n) is 2.04. The van der Waals surface area contributed by atoms with Gasteiger partial charge >= 0.3 is 5.97 Å². The molecule has 104 valence electrons. The van der Waals surface area contributed by atoms with Crippen LogP contribution in [0.3, 0.4) is 0 Å². The van der Waals surface area contributed by atoms with Crippen molar-refractivity contribution in [2.24, 2.45) is 11.8 Å². The van der Waals surface area contributed by atoms with E-state index in [1.54, 1.807) is 12.1 Å². The number of aliphatic carboxylic acids is 1. The topological polar surface area (TPSA) is 88.8 Å². The number of carbonyl (C=O) groups excluding carboxylic acids is 1. The van der Waals surface area contributed by atoms with Gasteiger partial charge < -0.3 is 19.6 Å². The van der Waals surface area contributed by atoms with Gasteiger partial charge in [0.15, 0.2) is 0 Å². The number of carbonyl (C=O) groups is 2. The number of carboxylic acid groups (broad SMARTS) is 1. The zero-order chi connectivity index (χ0) is 14.0. The molecular weight excluding hydrogens is 250 g/mol. The Balaban J connectivity index is 1.98. The molecule has 0 radical (unpaired) electrons. The maximum Gasteiger partial charge on any atom is 0.307 e. The van der Waals surface area contributed by atoms with Gasteiger partial charge in [-0.2, -0.15) is 0 Å². The summed E-state index contributed by atoms with van der Waals surface area (Å²) in [4.78, 5) is 22.7. The molecule has 1 saturated carbocycles. The van der Waals surface area contributed by atoms with Gasteiger partial charge in [0, 0.05) is 7.11 Å². The van der Waals surface area contributed by atoms with Crippen molar-refractivity contribution in [1.29, 1.82) is 0 Å². The van der Waals surface area contributed by atoms with Crippen LogP contribution in [0.15, 0.2) is 16.5 Å². The van der Waals surface area contributed by atoms with Crippen LogP contribution < -0.4 is 5.32 Å². The molecule has 2 rings (SSSR count). The molecule has 1 aromatic rings. The highest BCUT2D eigenvalue weighted by molar-refractivity contribution is 5.89. The van der Waals surface area contributed by atoms with Gasteiger partial charge in [0.2, 0.25) is 5.91 Å². The molecule has 2 N–H and O–H groups in total. The summed E-state index contributed by atoms with van der Waals surface area (Å²) in [7, 11) is 1.53. The molecule has 19 heavy (non-hydrogen) atoms. The molecule has 1 aliphatic rings. The van der Waals surface area contributed by atoms with Crippen molar-refractivity contribution in [3.05, 3.63) is 23.7 Å². The van der Waals surface area contributed by atoms with Crippen LogP contribution >= 0.6 is 0 Å². The molecule has 0 saturated heterocycles. The summed E-state index contributed by atoms with van der Waals surface area (Å²) in [5.41, 5.74) is 0. The highest BCUT2D eigenvalue weighted by Crippen LogP contribution is 2.39. The second-order valence-corrected chi connectivity index (χ2v) is 4.75. The molecule has 0 aliphatic heterocycles. The molecule has 0 aromatic carbocycles. The van der Waals surface area contributed by atoms with Crippen LogP contribution in [0.1, 0.15) is 24.0 Å². The molecule has 1 aromatic heterocycles. The molecule has 1 amide bonds. The van der Waals surface area contributed by atoms with Crippen LogP contribution in [-0.2, 0) is 14.3 Å². The fraction of sp³-hybridized carbons (Fsp3) is 0.538. The molecule has 6 heteroatoms. The van der Waals surface area contributed by atoms with Gasteiger partial charge in [0.25, 0.3) is 0 Å². The number of hydrogen-bond donors (Lipinski definition) is 2. The Hall–Kier alpha value is -1.82. The molecule has 1 aliphatic carbocycles. The second kappa shape index (κ2) is 5.44. The Bertz CT molecular complexity index is 481. The van der Waals surface area contributed by atoms with Crippen molar-refractivity contribution in [3.63, 3.8) is 0 Å². The lowest BCUT2D eigenvalue weighted by molar-refractivity contribution is -0.140. The van der Waals surface area contributed by atoms with Gasteiger partial charge in [-0.3, -0.25) is 9.59 Å². The van der Waals surface area contributed by atoms with E-state index in [1.807, 2.05) is 6.92 Å². The molecular formula is C13H17NO5. The number of amides is 1. The Morgan fingerprint density at radius 3 is 2.74 bits per heavy atom. The maximum absolute atomic E-state index is 11.9. The van der Waals surface area contributed by atoms with Gasteiger partial charge in [-0.05, 0) is 25.5 Å². The highest BCUT2D eigenvalue weighted by atomic mass is 16.5. The van der Waals surface area contributed by atoms with Crippen LogP contribution in [0.4, 0.5) is 0 Å². The first kappa shape index (κ1) is 13.6. The third kappa shape index (κ3) is 3.14. The normalized spacial score (nSPS) is 22.8. The smallest absolute Gasteiger partial charge is 0.307 e. The van der Waals surface area contributed by atoms with E-state index in [1.165, 1.54) is 7.11 Å². The van der Waals surface area contributed by atoms with Gasteiger partial charge in [-0.1, -0.05) is 0 Å². The third-order valence-electron chi connectivity index (χ3n) is 3.20. The Kier molecular flexibility index (Phi) is 3.90. The van der Waals surface area contributed by atoms with E-state index in [0.717, 1.165) is 5.76 Å². The quantitative estimate of drug-likeness (QED) is 0.806. The van der Waals surface area contributed by atoms with E-state index in [4.69, 9.17) is 14.3 Å². The van der Waals surface area contributed by atoms with Gasteiger partial charge in [0.1, 0.15) is 17.6 Å². The predicted molar refractivity (Wildman–Crippen MR) is 65.4 cm³/mol. The van der Waals surface area contributed by atoms with Crippen molar-refractivity contribution in [2.75, 3.05) is 13.7 Å². The Morgan fingerprint density at radius 2 is 2.26 bits per heavy atom. The predicted octanol–water partition coefficient (Wildman–Crippen LogP) is 1.11. The Labute approximate surface area is 110 Å². The summed E-state index contributed by atoms with van der Waals surface area (Å²) in [6.45, 7) is 2.10. The summed E-state index contributed by atoms with van der Waals surface area (Å²) >= 11 is 0. The molecule has 0 spiro atoms.